The Morgan fingerprint density at radius 1 is 1.04 bits per heavy atom. The second kappa shape index (κ2) is 7.69. The van der Waals surface area contributed by atoms with Gasteiger partial charge in [-0.3, -0.25) is 10.1 Å². The Kier molecular flexibility index (Phi) is 5.16. The number of hydrogen-bond acceptors (Lipinski definition) is 7. The molecule has 0 spiro atoms. The molecule has 3 rings (SSSR count). The molecule has 0 aliphatic carbocycles. The van der Waals surface area contributed by atoms with Crippen molar-refractivity contribution in [2.75, 3.05) is 12.4 Å². The average molecular weight is 366 g/mol. The molecule has 0 radical (unpaired) electrons. The van der Waals surface area contributed by atoms with Gasteiger partial charge >= 0.3 is 11.6 Å². The molecule has 0 bridgehead atoms. The molecule has 3 aromatic rings. The Morgan fingerprint density at radius 3 is 2.37 bits per heavy atom. The minimum atomic E-state index is -0.565. The first kappa shape index (κ1) is 18.1. The summed E-state index contributed by atoms with van der Waals surface area (Å²) in [6.45, 7) is 3.89. The molecule has 8 nitrogen and oxygen atoms in total. The summed E-state index contributed by atoms with van der Waals surface area (Å²) >= 11 is 0. The van der Waals surface area contributed by atoms with Crippen molar-refractivity contribution in [1.82, 2.24) is 9.97 Å². The molecule has 1 heterocycles. The van der Waals surface area contributed by atoms with Gasteiger partial charge in [0.1, 0.15) is 17.8 Å². The zero-order valence-corrected chi connectivity index (χ0v) is 15.1. The molecule has 0 aliphatic heterocycles. The molecular weight excluding hydrogens is 348 g/mol. The maximum absolute atomic E-state index is 11.6. The number of methoxy groups -OCH3 is 1. The zero-order valence-electron chi connectivity index (χ0n) is 15.1. The molecule has 0 amide bonds. The lowest BCUT2D eigenvalue weighted by Gasteiger charge is -2.11. The molecule has 0 saturated heterocycles. The van der Waals surface area contributed by atoms with Crippen LogP contribution in [0, 0.1) is 24.0 Å². The normalized spacial score (nSPS) is 10.3. The van der Waals surface area contributed by atoms with Gasteiger partial charge in [0, 0.05) is 5.69 Å². The number of ether oxygens (including phenoxy) is 2. The summed E-state index contributed by atoms with van der Waals surface area (Å²) in [4.78, 5) is 19.0. The third-order valence-corrected chi connectivity index (χ3v) is 3.88. The molecule has 0 unspecified atom stereocenters. The maximum atomic E-state index is 11.6. The fourth-order valence-corrected chi connectivity index (χ4v) is 2.53. The SMILES string of the molecule is COc1ccc(Oc2ncnc(Nc3ccc(C)cc3C)c2[N+](=O)[O-])cc1. The van der Waals surface area contributed by atoms with Gasteiger partial charge in [0.15, 0.2) is 0 Å². The van der Waals surface area contributed by atoms with Crippen molar-refractivity contribution >= 4 is 17.2 Å². The van der Waals surface area contributed by atoms with Crippen molar-refractivity contribution in [3.8, 4) is 17.4 Å². The maximum Gasteiger partial charge on any atom is 0.373 e. The number of aryl methyl sites for hydroxylation is 2. The smallest absolute Gasteiger partial charge is 0.373 e. The lowest BCUT2D eigenvalue weighted by Crippen LogP contribution is -2.04. The van der Waals surface area contributed by atoms with Crippen molar-refractivity contribution in [1.29, 1.82) is 0 Å². The van der Waals surface area contributed by atoms with E-state index in [-0.39, 0.29) is 17.4 Å². The lowest BCUT2D eigenvalue weighted by molar-refractivity contribution is -0.385. The van der Waals surface area contributed by atoms with E-state index in [9.17, 15) is 10.1 Å². The molecule has 0 saturated carbocycles. The summed E-state index contributed by atoms with van der Waals surface area (Å²) in [5.74, 6) is 0.963. The van der Waals surface area contributed by atoms with Crippen LogP contribution in [0.3, 0.4) is 0 Å². The number of nitrogens with zero attached hydrogens (tertiary/aromatic N) is 3. The Labute approximate surface area is 156 Å². The van der Waals surface area contributed by atoms with E-state index in [0.717, 1.165) is 16.8 Å². The molecule has 2 aromatic carbocycles. The summed E-state index contributed by atoms with van der Waals surface area (Å²) < 4.78 is 10.7. The number of benzene rings is 2. The Morgan fingerprint density at radius 2 is 1.74 bits per heavy atom. The fraction of sp³-hybridized carbons (Fsp3) is 0.158. The third kappa shape index (κ3) is 4.12. The predicted octanol–water partition coefficient (Wildman–Crippen LogP) is 4.55. The van der Waals surface area contributed by atoms with E-state index in [1.165, 1.54) is 6.33 Å². The van der Waals surface area contributed by atoms with Gasteiger partial charge in [0.05, 0.1) is 12.0 Å². The summed E-state index contributed by atoms with van der Waals surface area (Å²) in [5, 5.41) is 14.6. The second-order valence-corrected chi connectivity index (χ2v) is 5.85. The first-order chi connectivity index (χ1) is 13.0. The minimum Gasteiger partial charge on any atom is -0.497 e. The van der Waals surface area contributed by atoms with E-state index in [4.69, 9.17) is 9.47 Å². The van der Waals surface area contributed by atoms with Crippen LogP contribution >= 0.6 is 0 Å². The van der Waals surface area contributed by atoms with Crippen molar-refractivity contribution in [3.63, 3.8) is 0 Å². The molecule has 1 aromatic heterocycles. The van der Waals surface area contributed by atoms with Crippen molar-refractivity contribution in [2.24, 2.45) is 0 Å². The molecule has 27 heavy (non-hydrogen) atoms. The van der Waals surface area contributed by atoms with E-state index < -0.39 is 4.92 Å². The number of nitrogens with one attached hydrogen (secondary N) is 1. The van der Waals surface area contributed by atoms with Crippen LogP contribution in [0.4, 0.5) is 17.2 Å². The second-order valence-electron chi connectivity index (χ2n) is 5.85. The molecule has 0 fully saturated rings. The Bertz CT molecular complexity index is 974. The van der Waals surface area contributed by atoms with Gasteiger partial charge in [-0.05, 0) is 49.7 Å². The molecule has 8 heteroatoms. The van der Waals surface area contributed by atoms with Crippen LogP contribution in [0.15, 0.2) is 48.8 Å². The van der Waals surface area contributed by atoms with Gasteiger partial charge in [0.2, 0.25) is 5.82 Å². The number of hydrogen-bond donors (Lipinski definition) is 1. The highest BCUT2D eigenvalue weighted by Crippen LogP contribution is 2.36. The van der Waals surface area contributed by atoms with E-state index in [1.54, 1.807) is 31.4 Å². The highest BCUT2D eigenvalue weighted by atomic mass is 16.6. The van der Waals surface area contributed by atoms with Gasteiger partial charge in [0.25, 0.3) is 0 Å². The van der Waals surface area contributed by atoms with E-state index in [0.29, 0.717) is 11.5 Å². The van der Waals surface area contributed by atoms with Gasteiger partial charge in [-0.1, -0.05) is 17.7 Å². The quantitative estimate of drug-likeness (QED) is 0.505. The van der Waals surface area contributed by atoms with Crippen LogP contribution in [-0.4, -0.2) is 22.0 Å². The summed E-state index contributed by atoms with van der Waals surface area (Å²) in [7, 11) is 1.55. The summed E-state index contributed by atoms with van der Waals surface area (Å²) in [6, 6.07) is 12.4. The van der Waals surface area contributed by atoms with Crippen LogP contribution in [0.2, 0.25) is 0 Å². The van der Waals surface area contributed by atoms with Gasteiger partial charge in [-0.25, -0.2) is 4.98 Å². The monoisotopic (exact) mass is 366 g/mol. The largest absolute Gasteiger partial charge is 0.497 e. The molecule has 0 aliphatic rings. The zero-order chi connectivity index (χ0) is 19.4. The molecule has 1 N–H and O–H groups in total. The van der Waals surface area contributed by atoms with Crippen molar-refractivity contribution < 1.29 is 14.4 Å². The topological polar surface area (TPSA) is 99.4 Å². The third-order valence-electron chi connectivity index (χ3n) is 3.88. The van der Waals surface area contributed by atoms with Crippen molar-refractivity contribution in [3.05, 3.63) is 70.0 Å². The first-order valence-electron chi connectivity index (χ1n) is 8.13. The fourth-order valence-electron chi connectivity index (χ4n) is 2.53. The number of rotatable bonds is 6. The van der Waals surface area contributed by atoms with Crippen LogP contribution in [0.1, 0.15) is 11.1 Å². The van der Waals surface area contributed by atoms with E-state index in [1.807, 2.05) is 32.0 Å². The molecule has 138 valence electrons. The van der Waals surface area contributed by atoms with Crippen LogP contribution in [0.25, 0.3) is 0 Å². The summed E-state index contributed by atoms with van der Waals surface area (Å²) in [6.07, 6.45) is 1.22. The first-order valence-corrected chi connectivity index (χ1v) is 8.13. The lowest BCUT2D eigenvalue weighted by atomic mass is 10.1. The predicted molar refractivity (Wildman–Crippen MR) is 101 cm³/mol. The van der Waals surface area contributed by atoms with E-state index >= 15 is 0 Å². The van der Waals surface area contributed by atoms with Crippen LogP contribution < -0.4 is 14.8 Å². The molecular formula is C19H18N4O4. The highest BCUT2D eigenvalue weighted by molar-refractivity contribution is 5.70. The Hall–Kier alpha value is -3.68. The van der Waals surface area contributed by atoms with E-state index in [2.05, 4.69) is 15.3 Å². The van der Waals surface area contributed by atoms with Gasteiger partial charge in [-0.2, -0.15) is 4.98 Å². The number of anilines is 2. The van der Waals surface area contributed by atoms with Gasteiger partial charge in [-0.15, -0.1) is 0 Å². The average Bonchev–Trinajstić information content (AvgIpc) is 2.64. The molecule has 0 atom stereocenters. The highest BCUT2D eigenvalue weighted by Gasteiger charge is 2.25. The van der Waals surface area contributed by atoms with Gasteiger partial charge < -0.3 is 14.8 Å². The Balaban J connectivity index is 1.95. The van der Waals surface area contributed by atoms with Crippen LogP contribution in [0.5, 0.6) is 17.4 Å². The summed E-state index contributed by atoms with van der Waals surface area (Å²) in [5.41, 5.74) is 2.42. The van der Waals surface area contributed by atoms with Crippen LogP contribution in [-0.2, 0) is 0 Å². The van der Waals surface area contributed by atoms with Crippen molar-refractivity contribution in [2.45, 2.75) is 13.8 Å². The number of aromatic nitrogens is 2. The standard InChI is InChI=1S/C19H18N4O4/c1-12-4-9-16(13(2)10-12)22-18-17(23(24)25)19(21-11-20-18)27-15-7-5-14(26-3)6-8-15/h4-11H,1-3H3,(H,20,21,22). The number of nitro groups is 1. The minimum absolute atomic E-state index is 0.0606.